The first-order chi connectivity index (χ1) is 9.96. The largest absolute Gasteiger partial charge is 0.312 e. The summed E-state index contributed by atoms with van der Waals surface area (Å²) in [6, 6.07) is 11.5. The summed E-state index contributed by atoms with van der Waals surface area (Å²) in [5, 5.41) is 3.59. The van der Waals surface area contributed by atoms with Crippen molar-refractivity contribution in [2.45, 2.75) is 38.8 Å². The van der Waals surface area contributed by atoms with Gasteiger partial charge in [0.2, 0.25) is 0 Å². The first-order valence-corrected chi connectivity index (χ1v) is 8.18. The fourth-order valence-corrected chi connectivity index (χ4v) is 2.96. The van der Waals surface area contributed by atoms with Gasteiger partial charge in [-0.2, -0.15) is 0 Å². The van der Waals surface area contributed by atoms with Gasteiger partial charge in [0, 0.05) is 37.8 Å². The Kier molecular flexibility index (Phi) is 5.80. The lowest BCUT2D eigenvalue weighted by molar-refractivity contribution is 0.0883. The van der Waals surface area contributed by atoms with Gasteiger partial charge in [-0.25, -0.2) is 0 Å². The maximum Gasteiger partial charge on any atom is 0.0475 e. The van der Waals surface area contributed by atoms with E-state index in [1.807, 2.05) is 0 Å². The Morgan fingerprint density at radius 1 is 1.14 bits per heavy atom. The predicted octanol–water partition coefficient (Wildman–Crippen LogP) is 2.75. The van der Waals surface area contributed by atoms with Crippen LogP contribution in [0.1, 0.15) is 38.8 Å². The third-order valence-corrected chi connectivity index (χ3v) is 4.16. The SMILES string of the molecule is CN1CCN(CCCNC(C)(C)C)C(c2ccccc2)C1. The van der Waals surface area contributed by atoms with E-state index in [0.717, 1.165) is 13.1 Å². The lowest BCUT2D eigenvalue weighted by atomic mass is 10.0. The van der Waals surface area contributed by atoms with Crippen LogP contribution in [0.2, 0.25) is 0 Å². The average molecular weight is 289 g/mol. The van der Waals surface area contributed by atoms with E-state index in [0.29, 0.717) is 6.04 Å². The van der Waals surface area contributed by atoms with Crippen LogP contribution >= 0.6 is 0 Å². The number of nitrogens with one attached hydrogen (secondary N) is 1. The van der Waals surface area contributed by atoms with Gasteiger partial charge in [0.25, 0.3) is 0 Å². The summed E-state index contributed by atoms with van der Waals surface area (Å²) in [4.78, 5) is 5.10. The standard InChI is InChI=1S/C18H31N3/c1-18(2,3)19-11-8-12-21-14-13-20(4)15-17(21)16-9-6-5-7-10-16/h5-7,9-10,17,19H,8,11-15H2,1-4H3. The molecule has 0 spiro atoms. The maximum atomic E-state index is 3.59. The molecule has 0 aliphatic carbocycles. The van der Waals surface area contributed by atoms with Gasteiger partial charge in [0.1, 0.15) is 0 Å². The van der Waals surface area contributed by atoms with Gasteiger partial charge < -0.3 is 10.2 Å². The monoisotopic (exact) mass is 289 g/mol. The fourth-order valence-electron chi connectivity index (χ4n) is 2.96. The molecule has 1 heterocycles. The number of nitrogens with zero attached hydrogens (tertiary/aromatic N) is 2. The molecule has 1 N–H and O–H groups in total. The highest BCUT2D eigenvalue weighted by Crippen LogP contribution is 2.24. The Hall–Kier alpha value is -0.900. The lowest BCUT2D eigenvalue weighted by Gasteiger charge is -2.40. The molecule has 1 saturated heterocycles. The zero-order valence-corrected chi connectivity index (χ0v) is 14.1. The van der Waals surface area contributed by atoms with Crippen LogP contribution in [0.25, 0.3) is 0 Å². The Labute approximate surface area is 130 Å². The summed E-state index contributed by atoms with van der Waals surface area (Å²) in [6.07, 6.45) is 1.21. The highest BCUT2D eigenvalue weighted by atomic mass is 15.3. The van der Waals surface area contributed by atoms with Crippen molar-refractivity contribution in [3.63, 3.8) is 0 Å². The molecule has 0 radical (unpaired) electrons. The molecule has 0 bridgehead atoms. The smallest absolute Gasteiger partial charge is 0.0475 e. The Bertz CT molecular complexity index is 410. The molecule has 21 heavy (non-hydrogen) atoms. The molecule has 1 unspecified atom stereocenters. The van der Waals surface area contributed by atoms with E-state index in [1.165, 1.54) is 31.6 Å². The van der Waals surface area contributed by atoms with E-state index in [2.05, 4.69) is 73.3 Å². The van der Waals surface area contributed by atoms with Crippen LogP contribution in [0.3, 0.4) is 0 Å². The molecule has 118 valence electrons. The van der Waals surface area contributed by atoms with Crippen molar-refractivity contribution in [2.75, 3.05) is 39.8 Å². The Morgan fingerprint density at radius 3 is 2.52 bits per heavy atom. The Morgan fingerprint density at radius 2 is 1.86 bits per heavy atom. The van der Waals surface area contributed by atoms with Crippen LogP contribution in [0.4, 0.5) is 0 Å². The van der Waals surface area contributed by atoms with Gasteiger partial charge in [-0.3, -0.25) is 4.90 Å². The summed E-state index contributed by atoms with van der Waals surface area (Å²) >= 11 is 0. The molecule has 2 rings (SSSR count). The molecule has 1 fully saturated rings. The molecule has 3 nitrogen and oxygen atoms in total. The van der Waals surface area contributed by atoms with E-state index < -0.39 is 0 Å². The van der Waals surface area contributed by atoms with Gasteiger partial charge in [0.05, 0.1) is 0 Å². The van der Waals surface area contributed by atoms with Crippen molar-refractivity contribution in [3.8, 4) is 0 Å². The third kappa shape index (κ3) is 5.42. The molecule has 0 amide bonds. The minimum Gasteiger partial charge on any atom is -0.312 e. The number of rotatable bonds is 5. The van der Waals surface area contributed by atoms with Crippen LogP contribution in [0.15, 0.2) is 30.3 Å². The maximum absolute atomic E-state index is 3.59. The molecule has 1 aliphatic heterocycles. The lowest BCUT2D eigenvalue weighted by Crippen LogP contribution is -2.47. The van der Waals surface area contributed by atoms with Crippen molar-refractivity contribution < 1.29 is 0 Å². The van der Waals surface area contributed by atoms with Gasteiger partial charge in [-0.15, -0.1) is 0 Å². The second kappa shape index (κ2) is 7.39. The minimum atomic E-state index is 0.223. The number of piperazine rings is 1. The fraction of sp³-hybridized carbons (Fsp3) is 0.667. The molecule has 0 saturated carbocycles. The summed E-state index contributed by atoms with van der Waals surface area (Å²) in [5.74, 6) is 0. The molecule has 1 aromatic rings. The zero-order valence-electron chi connectivity index (χ0n) is 14.1. The molecule has 1 aliphatic rings. The van der Waals surface area contributed by atoms with E-state index >= 15 is 0 Å². The van der Waals surface area contributed by atoms with Crippen molar-refractivity contribution in [1.29, 1.82) is 0 Å². The van der Waals surface area contributed by atoms with E-state index in [9.17, 15) is 0 Å². The third-order valence-electron chi connectivity index (χ3n) is 4.16. The normalized spacial score (nSPS) is 21.6. The van der Waals surface area contributed by atoms with E-state index in [1.54, 1.807) is 0 Å². The summed E-state index contributed by atoms with van der Waals surface area (Å²) in [6.45, 7) is 12.5. The summed E-state index contributed by atoms with van der Waals surface area (Å²) in [5.41, 5.74) is 1.67. The quantitative estimate of drug-likeness (QED) is 0.841. The first-order valence-electron chi connectivity index (χ1n) is 8.18. The van der Waals surface area contributed by atoms with Crippen LogP contribution in [0.5, 0.6) is 0 Å². The number of hydrogen-bond donors (Lipinski definition) is 1. The summed E-state index contributed by atoms with van der Waals surface area (Å²) < 4.78 is 0. The highest BCUT2D eigenvalue weighted by Gasteiger charge is 2.25. The minimum absolute atomic E-state index is 0.223. The van der Waals surface area contributed by atoms with E-state index in [-0.39, 0.29) is 5.54 Å². The summed E-state index contributed by atoms with van der Waals surface area (Å²) in [7, 11) is 2.23. The second-order valence-corrected chi connectivity index (χ2v) is 7.26. The Balaban J connectivity index is 1.90. The molecular formula is C18H31N3. The highest BCUT2D eigenvalue weighted by molar-refractivity contribution is 5.20. The zero-order chi connectivity index (χ0) is 15.3. The van der Waals surface area contributed by atoms with Gasteiger partial charge in [-0.1, -0.05) is 30.3 Å². The molecule has 3 heteroatoms. The van der Waals surface area contributed by atoms with Crippen LogP contribution < -0.4 is 5.32 Å². The molecule has 1 atom stereocenters. The van der Waals surface area contributed by atoms with Crippen molar-refractivity contribution in [1.82, 2.24) is 15.1 Å². The van der Waals surface area contributed by atoms with Crippen molar-refractivity contribution >= 4 is 0 Å². The number of hydrogen-bond acceptors (Lipinski definition) is 3. The average Bonchev–Trinajstić information content (AvgIpc) is 2.45. The van der Waals surface area contributed by atoms with Gasteiger partial charge in [-0.05, 0) is 46.3 Å². The van der Waals surface area contributed by atoms with Gasteiger partial charge >= 0.3 is 0 Å². The second-order valence-electron chi connectivity index (χ2n) is 7.26. The first kappa shape index (κ1) is 16.5. The van der Waals surface area contributed by atoms with Crippen LogP contribution in [-0.2, 0) is 0 Å². The van der Waals surface area contributed by atoms with Crippen LogP contribution in [-0.4, -0.2) is 55.1 Å². The van der Waals surface area contributed by atoms with Crippen molar-refractivity contribution in [3.05, 3.63) is 35.9 Å². The van der Waals surface area contributed by atoms with E-state index in [4.69, 9.17) is 0 Å². The number of likely N-dealkylation sites (N-methyl/N-ethyl adjacent to an activating group) is 1. The van der Waals surface area contributed by atoms with Crippen molar-refractivity contribution in [2.24, 2.45) is 0 Å². The number of benzene rings is 1. The molecule has 0 aromatic heterocycles. The predicted molar refractivity (Wildman–Crippen MR) is 90.6 cm³/mol. The topological polar surface area (TPSA) is 18.5 Å². The molecular weight excluding hydrogens is 258 g/mol. The van der Waals surface area contributed by atoms with Gasteiger partial charge in [0.15, 0.2) is 0 Å². The molecule has 1 aromatic carbocycles. The van der Waals surface area contributed by atoms with Crippen LogP contribution in [0, 0.1) is 0 Å².